The van der Waals surface area contributed by atoms with Gasteiger partial charge in [0.25, 0.3) is 0 Å². The molecule has 276 valence electrons. The molecule has 0 aliphatic rings. The number of fused-ring (bicyclic) bond motifs is 2. The van der Waals surface area contributed by atoms with E-state index in [-0.39, 0.29) is 24.0 Å². The second kappa shape index (κ2) is 20.1. The van der Waals surface area contributed by atoms with E-state index in [1.54, 1.807) is 8.84 Å². The Balaban J connectivity index is 1.04. The minimum atomic E-state index is -0.107. The van der Waals surface area contributed by atoms with Crippen molar-refractivity contribution in [3.8, 4) is 0 Å². The van der Waals surface area contributed by atoms with Gasteiger partial charge in [-0.1, -0.05) is 165 Å². The maximum atomic E-state index is 6.77. The molecule has 0 radical (unpaired) electrons. The number of unbranched alkanes of at least 4 members (excludes halogenated alkanes) is 4. The molecule has 4 unspecified atom stereocenters. The number of halogens is 2. The molecule has 0 aliphatic carbocycles. The van der Waals surface area contributed by atoms with Crippen LogP contribution < -0.4 is 0 Å². The van der Waals surface area contributed by atoms with E-state index >= 15 is 0 Å². The average molecular weight is 748 g/mol. The van der Waals surface area contributed by atoms with Crippen LogP contribution in [-0.4, -0.2) is 49.2 Å². The summed E-state index contributed by atoms with van der Waals surface area (Å²) in [7, 11) is 3.84. The molecule has 0 N–H and O–H groups in total. The minimum Gasteiger partial charge on any atom is -0.373 e. The molecule has 0 aromatic heterocycles. The summed E-state index contributed by atoms with van der Waals surface area (Å²) < 4.78 is 17.0. The van der Waals surface area contributed by atoms with E-state index in [2.05, 4.69) is 146 Å². The van der Waals surface area contributed by atoms with Gasteiger partial charge in [-0.2, -0.15) is 0 Å². The first-order chi connectivity index (χ1) is 26.0. The first-order valence-electron chi connectivity index (χ1n) is 19.0. The fraction of sp³-hybridized carbons (Fsp3) is 0.319. The molecule has 53 heavy (non-hydrogen) atoms. The van der Waals surface area contributed by atoms with Crippen LogP contribution in [-0.2, 0) is 9.47 Å². The summed E-state index contributed by atoms with van der Waals surface area (Å²) >= 11 is 13.0. The van der Waals surface area contributed by atoms with Gasteiger partial charge in [0.05, 0.1) is 12.2 Å². The van der Waals surface area contributed by atoms with Crippen LogP contribution in [0.25, 0.3) is 21.5 Å². The summed E-state index contributed by atoms with van der Waals surface area (Å²) in [5.41, 5.74) is 4.83. The number of hydrogen-bond donors (Lipinski definition) is 0. The van der Waals surface area contributed by atoms with Gasteiger partial charge in [0, 0.05) is 52.2 Å². The van der Waals surface area contributed by atoms with E-state index < -0.39 is 0 Å². The summed E-state index contributed by atoms with van der Waals surface area (Å²) in [4.78, 5) is 0. The normalized spacial score (nSPS) is 14.2. The Morgan fingerprint density at radius 2 is 0.774 bits per heavy atom. The van der Waals surface area contributed by atoms with Gasteiger partial charge < -0.3 is 9.47 Å². The molecular formula is C47H52Cl2N2O2. The lowest BCUT2D eigenvalue weighted by Crippen LogP contribution is -2.24. The Kier molecular flexibility index (Phi) is 14.8. The van der Waals surface area contributed by atoms with Crippen LogP contribution in [0.5, 0.6) is 0 Å². The van der Waals surface area contributed by atoms with Gasteiger partial charge in [0.2, 0.25) is 0 Å². The number of nitrogens with zero attached hydrogens (tertiary/aromatic N) is 2. The summed E-state index contributed by atoms with van der Waals surface area (Å²) in [6, 6.07) is 51.7. The van der Waals surface area contributed by atoms with E-state index in [1.165, 1.54) is 43.8 Å². The molecule has 0 spiro atoms. The van der Waals surface area contributed by atoms with Gasteiger partial charge in [-0.15, -0.1) is 0 Å². The van der Waals surface area contributed by atoms with Gasteiger partial charge in [-0.05, 0) is 80.2 Å². The lowest BCUT2D eigenvalue weighted by molar-refractivity contribution is 0.0246. The van der Waals surface area contributed by atoms with Crippen molar-refractivity contribution in [1.29, 1.82) is 0 Å². The molecule has 0 aliphatic heterocycles. The van der Waals surface area contributed by atoms with Crippen LogP contribution >= 0.6 is 23.6 Å². The van der Waals surface area contributed by atoms with Gasteiger partial charge in [0.15, 0.2) is 0 Å². The summed E-state index contributed by atoms with van der Waals surface area (Å²) in [6.45, 7) is 2.74. The minimum absolute atomic E-state index is 0.0799. The van der Waals surface area contributed by atoms with E-state index in [4.69, 9.17) is 33.0 Å². The lowest BCUT2D eigenvalue weighted by Gasteiger charge is -2.30. The van der Waals surface area contributed by atoms with E-state index in [0.717, 1.165) is 32.1 Å². The monoisotopic (exact) mass is 746 g/mol. The van der Waals surface area contributed by atoms with Crippen molar-refractivity contribution < 1.29 is 9.47 Å². The second-order valence-electron chi connectivity index (χ2n) is 14.2. The summed E-state index contributed by atoms with van der Waals surface area (Å²) in [5.74, 6) is 0.160. The summed E-state index contributed by atoms with van der Waals surface area (Å²) in [6.07, 6.45) is 5.14. The molecule has 0 heterocycles. The van der Waals surface area contributed by atoms with Crippen LogP contribution in [0.4, 0.5) is 0 Å². The zero-order valence-corrected chi connectivity index (χ0v) is 32.5. The van der Waals surface area contributed by atoms with Gasteiger partial charge in [-0.25, -0.2) is 8.84 Å². The number of benzene rings is 6. The van der Waals surface area contributed by atoms with E-state index in [9.17, 15) is 0 Å². The highest BCUT2D eigenvalue weighted by Gasteiger charge is 2.28. The Morgan fingerprint density at radius 3 is 1.17 bits per heavy atom. The third kappa shape index (κ3) is 11.1. The molecule has 6 aromatic rings. The van der Waals surface area contributed by atoms with Crippen molar-refractivity contribution in [3.63, 3.8) is 0 Å². The highest BCUT2D eigenvalue weighted by molar-refractivity contribution is 6.13. The topological polar surface area (TPSA) is 24.9 Å². The lowest BCUT2D eigenvalue weighted by atomic mass is 9.87. The van der Waals surface area contributed by atoms with Crippen LogP contribution in [0.2, 0.25) is 0 Å². The Labute approximate surface area is 326 Å². The fourth-order valence-electron chi connectivity index (χ4n) is 7.50. The predicted molar refractivity (Wildman–Crippen MR) is 224 cm³/mol. The number of hydrogen-bond acceptors (Lipinski definition) is 4. The quantitative estimate of drug-likeness (QED) is 0.0573. The van der Waals surface area contributed by atoms with Crippen molar-refractivity contribution in [2.45, 2.75) is 56.1 Å². The van der Waals surface area contributed by atoms with Gasteiger partial charge in [-0.3, -0.25) is 0 Å². The van der Waals surface area contributed by atoms with E-state index in [0.29, 0.717) is 26.3 Å². The van der Waals surface area contributed by atoms with Crippen molar-refractivity contribution >= 4 is 45.1 Å². The molecular weight excluding hydrogens is 695 g/mol. The molecule has 4 nitrogen and oxygen atoms in total. The SMILES string of the molecule is CN(Cl)CC(c1ccc2ccccc2c1)C(OCCCCCCCOC(c1ccccc1)C(CN(C)Cl)c1ccc2ccccc2c1)c1ccccc1. The Hall–Kier alpha value is -3.74. The van der Waals surface area contributed by atoms with Crippen LogP contribution in [0, 0.1) is 0 Å². The summed E-state index contributed by atoms with van der Waals surface area (Å²) in [5, 5.41) is 4.93. The first kappa shape index (κ1) is 39.0. The highest BCUT2D eigenvalue weighted by atomic mass is 35.5. The Bertz CT molecular complexity index is 1830. The Morgan fingerprint density at radius 1 is 0.415 bits per heavy atom. The van der Waals surface area contributed by atoms with Crippen molar-refractivity contribution in [2.24, 2.45) is 0 Å². The predicted octanol–water partition coefficient (Wildman–Crippen LogP) is 12.5. The number of likely N-dealkylation sites (N-methyl/N-ethyl adjacent to an activating group) is 2. The van der Waals surface area contributed by atoms with Crippen molar-refractivity contribution in [1.82, 2.24) is 8.84 Å². The van der Waals surface area contributed by atoms with Gasteiger partial charge in [0.1, 0.15) is 0 Å². The van der Waals surface area contributed by atoms with Crippen molar-refractivity contribution in [3.05, 3.63) is 168 Å². The largest absolute Gasteiger partial charge is 0.373 e. The number of rotatable bonds is 20. The van der Waals surface area contributed by atoms with Crippen molar-refractivity contribution in [2.75, 3.05) is 40.4 Å². The molecule has 6 rings (SSSR count). The molecule has 0 saturated heterocycles. The average Bonchev–Trinajstić information content (AvgIpc) is 3.19. The molecule has 0 fully saturated rings. The molecule has 0 saturated carbocycles. The van der Waals surface area contributed by atoms with Crippen LogP contribution in [0.3, 0.4) is 0 Å². The highest BCUT2D eigenvalue weighted by Crippen LogP contribution is 2.38. The molecule has 6 aromatic carbocycles. The third-order valence-corrected chi connectivity index (χ3v) is 10.4. The first-order valence-corrected chi connectivity index (χ1v) is 19.7. The van der Waals surface area contributed by atoms with Crippen LogP contribution in [0.15, 0.2) is 146 Å². The standard InChI is InChI=1S/C47H52Cl2N2O2/c1-50(48)34-44(42-28-26-36-18-12-14-24-40(36)32-42)46(38-20-8-6-9-21-38)52-30-16-4-3-5-17-31-53-47(39-22-10-7-11-23-39)45(35-51(2)49)43-29-27-37-19-13-15-25-41(37)33-43/h6-15,18-29,32-33,44-47H,3-5,16-17,30-31,34-35H2,1-2H3. The molecule has 0 bridgehead atoms. The molecule has 6 heteroatoms. The maximum Gasteiger partial charge on any atom is 0.0906 e. The van der Waals surface area contributed by atoms with E-state index in [1.807, 2.05) is 14.1 Å². The fourth-order valence-corrected chi connectivity index (χ4v) is 7.80. The zero-order chi connectivity index (χ0) is 36.8. The van der Waals surface area contributed by atoms with Gasteiger partial charge >= 0.3 is 0 Å². The zero-order valence-electron chi connectivity index (χ0n) is 31.0. The molecule has 4 atom stereocenters. The molecule has 0 amide bonds. The maximum absolute atomic E-state index is 6.77. The van der Waals surface area contributed by atoms with Crippen LogP contribution in [0.1, 0.15) is 78.4 Å². The second-order valence-corrected chi connectivity index (χ2v) is 15.3. The third-order valence-electron chi connectivity index (χ3n) is 10.2. The smallest absolute Gasteiger partial charge is 0.0906 e. The number of ether oxygens (including phenoxy) is 2.